The Hall–Kier alpha value is -0.420. The van der Waals surface area contributed by atoms with E-state index in [1.165, 1.54) is 0 Å². The number of pyridine rings is 1. The second kappa shape index (κ2) is 6.15. The molecule has 1 aliphatic heterocycles. The lowest BCUT2D eigenvalue weighted by atomic mass is 10.1. The van der Waals surface area contributed by atoms with Crippen LogP contribution in [0.2, 0.25) is 0 Å². The Morgan fingerprint density at radius 2 is 2.39 bits per heavy atom. The van der Waals surface area contributed by atoms with Crippen molar-refractivity contribution in [3.05, 3.63) is 28.5 Å². The van der Waals surface area contributed by atoms with Crippen LogP contribution in [-0.2, 0) is 0 Å². The van der Waals surface area contributed by atoms with Crippen LogP contribution in [0.5, 0.6) is 0 Å². The van der Waals surface area contributed by atoms with E-state index < -0.39 is 0 Å². The zero-order chi connectivity index (χ0) is 13.1. The molecule has 0 spiro atoms. The summed E-state index contributed by atoms with van der Waals surface area (Å²) in [6.45, 7) is 2.98. The molecule has 2 heterocycles. The van der Waals surface area contributed by atoms with Crippen LogP contribution < -0.4 is 0 Å². The highest BCUT2D eigenvalue weighted by molar-refractivity contribution is 9.10. The predicted molar refractivity (Wildman–Crippen MR) is 79.0 cm³/mol. The summed E-state index contributed by atoms with van der Waals surface area (Å²) in [5.74, 6) is 0.0967. The summed E-state index contributed by atoms with van der Waals surface area (Å²) in [7, 11) is 0. The van der Waals surface area contributed by atoms with E-state index in [1.54, 1.807) is 12.4 Å². The maximum absolute atomic E-state index is 12.4. The molecule has 3 nitrogen and oxygen atoms in total. The van der Waals surface area contributed by atoms with Gasteiger partial charge in [-0.3, -0.25) is 9.78 Å². The number of nitrogens with zero attached hydrogens (tertiary/aromatic N) is 2. The fourth-order valence-electron chi connectivity index (χ4n) is 2.42. The third-order valence-electron chi connectivity index (χ3n) is 3.19. The molecule has 0 aliphatic carbocycles. The van der Waals surface area contributed by atoms with Gasteiger partial charge in [0, 0.05) is 34.3 Å². The smallest absolute Gasteiger partial charge is 0.255 e. The second-order valence-electron chi connectivity index (χ2n) is 4.70. The van der Waals surface area contributed by atoms with Gasteiger partial charge in [-0.05, 0) is 41.3 Å². The molecule has 1 amide bonds. The molecule has 0 saturated carbocycles. The number of amides is 1. The summed E-state index contributed by atoms with van der Waals surface area (Å²) < 4.78 is 0.845. The van der Waals surface area contributed by atoms with Crippen LogP contribution >= 0.6 is 31.9 Å². The Kier molecular flexibility index (Phi) is 4.78. The van der Waals surface area contributed by atoms with Crippen LogP contribution in [0.4, 0.5) is 0 Å². The van der Waals surface area contributed by atoms with E-state index in [0.717, 1.165) is 30.3 Å². The molecule has 1 fully saturated rings. The number of rotatable bonds is 3. The first-order valence-corrected chi connectivity index (χ1v) is 7.84. The lowest BCUT2D eigenvalue weighted by Crippen LogP contribution is -2.36. The molecular formula is C13H16Br2N2O. The van der Waals surface area contributed by atoms with Gasteiger partial charge in [0.15, 0.2) is 0 Å². The van der Waals surface area contributed by atoms with Crippen molar-refractivity contribution in [3.8, 4) is 0 Å². The van der Waals surface area contributed by atoms with Gasteiger partial charge in [-0.1, -0.05) is 22.9 Å². The zero-order valence-electron chi connectivity index (χ0n) is 10.3. The van der Waals surface area contributed by atoms with Crippen molar-refractivity contribution in [3.63, 3.8) is 0 Å². The number of hydrogen-bond acceptors (Lipinski definition) is 2. The van der Waals surface area contributed by atoms with Crippen molar-refractivity contribution in [1.29, 1.82) is 0 Å². The molecule has 1 saturated heterocycles. The van der Waals surface area contributed by atoms with Gasteiger partial charge in [0.05, 0.1) is 5.56 Å². The van der Waals surface area contributed by atoms with Crippen molar-refractivity contribution >= 4 is 37.8 Å². The minimum Gasteiger partial charge on any atom is -0.336 e. The lowest BCUT2D eigenvalue weighted by Gasteiger charge is -2.25. The van der Waals surface area contributed by atoms with Gasteiger partial charge in [0.25, 0.3) is 5.91 Å². The van der Waals surface area contributed by atoms with Gasteiger partial charge in [0.1, 0.15) is 0 Å². The largest absolute Gasteiger partial charge is 0.336 e. The molecule has 0 radical (unpaired) electrons. The van der Waals surface area contributed by atoms with Crippen molar-refractivity contribution < 1.29 is 4.79 Å². The van der Waals surface area contributed by atoms with Gasteiger partial charge in [-0.15, -0.1) is 0 Å². The predicted octanol–water partition coefficient (Wildman–Crippen LogP) is 3.62. The maximum atomic E-state index is 12.4. The van der Waals surface area contributed by atoms with E-state index >= 15 is 0 Å². The normalized spacial score (nSPS) is 21.1. The Balaban J connectivity index is 2.12. The van der Waals surface area contributed by atoms with E-state index in [9.17, 15) is 4.79 Å². The summed E-state index contributed by atoms with van der Waals surface area (Å²) in [6, 6.07) is 2.19. The average molecular weight is 376 g/mol. The minimum absolute atomic E-state index is 0.0967. The fraction of sp³-hybridized carbons (Fsp3) is 0.538. The monoisotopic (exact) mass is 374 g/mol. The molecule has 1 aliphatic rings. The minimum atomic E-state index is 0.0967. The van der Waals surface area contributed by atoms with Crippen molar-refractivity contribution in [1.82, 2.24) is 9.88 Å². The van der Waals surface area contributed by atoms with E-state index in [1.807, 2.05) is 11.0 Å². The number of aromatic nitrogens is 1. The average Bonchev–Trinajstić information content (AvgIpc) is 2.75. The van der Waals surface area contributed by atoms with Crippen molar-refractivity contribution in [2.45, 2.75) is 37.1 Å². The topological polar surface area (TPSA) is 33.2 Å². The number of hydrogen-bond donors (Lipinski definition) is 0. The molecule has 5 heteroatoms. The maximum Gasteiger partial charge on any atom is 0.255 e. The highest BCUT2D eigenvalue weighted by Crippen LogP contribution is 2.25. The number of carbonyl (C=O) groups excluding carboxylic acids is 1. The number of halogens is 2. The molecule has 2 unspecified atom stereocenters. The van der Waals surface area contributed by atoms with Gasteiger partial charge >= 0.3 is 0 Å². The molecule has 0 bridgehead atoms. The first-order valence-electron chi connectivity index (χ1n) is 6.13. The molecule has 0 N–H and O–H groups in total. The van der Waals surface area contributed by atoms with Crippen LogP contribution in [0.15, 0.2) is 22.9 Å². The third-order valence-corrected chi connectivity index (χ3v) is 3.99. The third kappa shape index (κ3) is 3.32. The molecule has 0 aromatic carbocycles. The fourth-order valence-corrected chi connectivity index (χ4v) is 3.21. The second-order valence-corrected chi connectivity index (χ2v) is 7.18. The van der Waals surface area contributed by atoms with Gasteiger partial charge in [-0.2, -0.15) is 0 Å². The number of carbonyl (C=O) groups is 1. The Bertz CT molecular complexity index is 437. The highest BCUT2D eigenvalue weighted by atomic mass is 79.9. The van der Waals surface area contributed by atoms with Gasteiger partial charge < -0.3 is 4.90 Å². The van der Waals surface area contributed by atoms with Crippen LogP contribution in [0.25, 0.3) is 0 Å². The summed E-state index contributed by atoms with van der Waals surface area (Å²) in [5, 5.41) is 0. The summed E-state index contributed by atoms with van der Waals surface area (Å²) >= 11 is 6.92. The highest BCUT2D eigenvalue weighted by Gasteiger charge is 2.30. The summed E-state index contributed by atoms with van der Waals surface area (Å²) in [4.78, 5) is 18.9. The van der Waals surface area contributed by atoms with Gasteiger partial charge in [0.2, 0.25) is 0 Å². The van der Waals surface area contributed by atoms with E-state index in [4.69, 9.17) is 0 Å². The summed E-state index contributed by atoms with van der Waals surface area (Å²) in [5.41, 5.74) is 0.665. The Morgan fingerprint density at radius 3 is 3.06 bits per heavy atom. The molecule has 1 aromatic rings. The van der Waals surface area contributed by atoms with Crippen LogP contribution in [0, 0.1) is 0 Å². The van der Waals surface area contributed by atoms with E-state index in [2.05, 4.69) is 43.8 Å². The first-order chi connectivity index (χ1) is 8.58. The molecular weight excluding hydrogens is 360 g/mol. The SMILES string of the molecule is CC(Br)CC1CCCN1C(=O)c1cncc(Br)c1. The molecule has 1 aromatic heterocycles. The van der Waals surface area contributed by atoms with Crippen LogP contribution in [0.1, 0.15) is 36.5 Å². The van der Waals surface area contributed by atoms with E-state index in [0.29, 0.717) is 16.4 Å². The quantitative estimate of drug-likeness (QED) is 0.756. The Morgan fingerprint density at radius 1 is 1.61 bits per heavy atom. The van der Waals surface area contributed by atoms with Gasteiger partial charge in [-0.25, -0.2) is 0 Å². The molecule has 2 rings (SSSR count). The Labute approximate surface area is 124 Å². The lowest BCUT2D eigenvalue weighted by molar-refractivity contribution is 0.0731. The zero-order valence-corrected chi connectivity index (χ0v) is 13.4. The molecule has 98 valence electrons. The van der Waals surface area contributed by atoms with E-state index in [-0.39, 0.29) is 5.91 Å². The van der Waals surface area contributed by atoms with Crippen LogP contribution in [-0.4, -0.2) is 33.2 Å². The standard InChI is InChI=1S/C13H16Br2N2O/c1-9(14)5-12-3-2-4-17(12)13(18)10-6-11(15)8-16-7-10/h6-9,12H,2-5H2,1H3. The molecule has 2 atom stereocenters. The molecule has 18 heavy (non-hydrogen) atoms. The summed E-state index contributed by atoms with van der Waals surface area (Å²) in [6.07, 6.45) is 6.53. The number of likely N-dealkylation sites (tertiary alicyclic amines) is 1. The van der Waals surface area contributed by atoms with Crippen molar-refractivity contribution in [2.75, 3.05) is 6.54 Å². The first kappa shape index (κ1) is 14.0. The van der Waals surface area contributed by atoms with Crippen molar-refractivity contribution in [2.24, 2.45) is 0 Å². The van der Waals surface area contributed by atoms with Crippen LogP contribution in [0.3, 0.4) is 0 Å². The number of alkyl halides is 1.